The Labute approximate surface area is 76.2 Å². The monoisotopic (exact) mass is 188 g/mol. The van der Waals surface area contributed by atoms with Crippen LogP contribution in [0.4, 0.5) is 0 Å². The normalized spacial score (nSPS) is 27.6. The predicted octanol–water partition coefficient (Wildman–Crippen LogP) is 1.66. The zero-order valence-electron chi connectivity index (χ0n) is 7.71. The van der Waals surface area contributed by atoms with Crippen molar-refractivity contribution in [3.8, 4) is 0 Å². The predicted molar refractivity (Wildman–Crippen MR) is 50.5 cm³/mol. The van der Waals surface area contributed by atoms with Gasteiger partial charge in [0, 0.05) is 34.1 Å². The van der Waals surface area contributed by atoms with Gasteiger partial charge in [-0.3, -0.25) is 9.00 Å². The summed E-state index contributed by atoms with van der Waals surface area (Å²) >= 11 is 0. The van der Waals surface area contributed by atoms with E-state index in [1.54, 1.807) is 0 Å². The first kappa shape index (κ1) is 9.90. The van der Waals surface area contributed by atoms with Crippen LogP contribution in [-0.2, 0) is 15.6 Å². The van der Waals surface area contributed by atoms with Gasteiger partial charge >= 0.3 is 0 Å². The van der Waals surface area contributed by atoms with Crippen LogP contribution < -0.4 is 0 Å². The molecule has 12 heavy (non-hydrogen) atoms. The van der Waals surface area contributed by atoms with Crippen LogP contribution in [0.5, 0.6) is 0 Å². The second-order valence-corrected chi connectivity index (χ2v) is 5.90. The topological polar surface area (TPSA) is 34.1 Å². The van der Waals surface area contributed by atoms with E-state index in [4.69, 9.17) is 0 Å². The quantitative estimate of drug-likeness (QED) is 0.660. The number of rotatable bonds is 2. The standard InChI is InChI=1S/C9H16O2S/c1-7(2)12(11)9-5-3-4-8(10)6-9/h7,9H,3-6H2,1-2H3. The van der Waals surface area contributed by atoms with Crippen molar-refractivity contribution in [2.24, 2.45) is 0 Å². The number of carbonyl (C=O) groups excluding carboxylic acids is 1. The summed E-state index contributed by atoms with van der Waals surface area (Å²) in [6.45, 7) is 3.91. The lowest BCUT2D eigenvalue weighted by molar-refractivity contribution is -0.120. The van der Waals surface area contributed by atoms with Crippen LogP contribution in [0, 0.1) is 0 Å². The van der Waals surface area contributed by atoms with E-state index in [0.717, 1.165) is 12.8 Å². The highest BCUT2D eigenvalue weighted by molar-refractivity contribution is 7.86. The highest BCUT2D eigenvalue weighted by Crippen LogP contribution is 2.21. The number of hydrogen-bond acceptors (Lipinski definition) is 2. The largest absolute Gasteiger partial charge is 0.300 e. The maximum Gasteiger partial charge on any atom is 0.134 e. The molecule has 2 atom stereocenters. The molecule has 1 saturated carbocycles. The lowest BCUT2D eigenvalue weighted by Crippen LogP contribution is -2.28. The molecular weight excluding hydrogens is 172 g/mol. The van der Waals surface area contributed by atoms with E-state index < -0.39 is 10.8 Å². The second-order valence-electron chi connectivity index (χ2n) is 3.63. The average Bonchev–Trinajstić information content (AvgIpc) is 2.03. The molecule has 2 nitrogen and oxygen atoms in total. The first-order valence-corrected chi connectivity index (χ1v) is 5.80. The summed E-state index contributed by atoms with van der Waals surface area (Å²) in [6.07, 6.45) is 3.15. The van der Waals surface area contributed by atoms with Crippen LogP contribution in [0.25, 0.3) is 0 Å². The molecule has 2 unspecified atom stereocenters. The zero-order valence-corrected chi connectivity index (χ0v) is 8.52. The van der Waals surface area contributed by atoms with Crippen molar-refractivity contribution in [2.75, 3.05) is 0 Å². The fourth-order valence-electron chi connectivity index (χ4n) is 1.57. The molecule has 0 aromatic rings. The Balaban J connectivity index is 2.51. The van der Waals surface area contributed by atoms with Gasteiger partial charge in [0.2, 0.25) is 0 Å². The molecule has 0 amide bonds. The van der Waals surface area contributed by atoms with Gasteiger partial charge in [-0.25, -0.2) is 0 Å². The van der Waals surface area contributed by atoms with Gasteiger partial charge in [-0.1, -0.05) is 13.8 Å². The van der Waals surface area contributed by atoms with E-state index in [1.165, 1.54) is 0 Å². The average molecular weight is 188 g/mol. The molecule has 0 spiro atoms. The molecule has 1 rings (SSSR count). The highest BCUT2D eigenvalue weighted by Gasteiger charge is 2.25. The molecule has 1 aliphatic rings. The van der Waals surface area contributed by atoms with E-state index in [9.17, 15) is 9.00 Å². The smallest absolute Gasteiger partial charge is 0.134 e. The Kier molecular flexibility index (Phi) is 3.44. The molecule has 0 saturated heterocycles. The third-order valence-electron chi connectivity index (χ3n) is 2.23. The molecule has 0 radical (unpaired) electrons. The first-order chi connectivity index (χ1) is 5.61. The maximum absolute atomic E-state index is 11.6. The Morgan fingerprint density at radius 2 is 2.17 bits per heavy atom. The van der Waals surface area contributed by atoms with Crippen LogP contribution in [-0.4, -0.2) is 20.5 Å². The van der Waals surface area contributed by atoms with Gasteiger partial charge in [-0.15, -0.1) is 0 Å². The van der Waals surface area contributed by atoms with E-state index >= 15 is 0 Å². The molecule has 70 valence electrons. The molecule has 0 heterocycles. The van der Waals surface area contributed by atoms with E-state index in [-0.39, 0.29) is 10.5 Å². The van der Waals surface area contributed by atoms with Crippen LogP contribution >= 0.6 is 0 Å². The number of carbonyl (C=O) groups is 1. The van der Waals surface area contributed by atoms with Crippen LogP contribution in [0.15, 0.2) is 0 Å². The number of hydrogen-bond donors (Lipinski definition) is 0. The minimum atomic E-state index is -0.800. The van der Waals surface area contributed by atoms with Crippen LogP contribution in [0.1, 0.15) is 39.5 Å². The second kappa shape index (κ2) is 4.17. The van der Waals surface area contributed by atoms with Gasteiger partial charge in [0.05, 0.1) is 0 Å². The Bertz CT molecular complexity index is 199. The highest BCUT2D eigenvalue weighted by atomic mass is 32.2. The minimum absolute atomic E-state index is 0.145. The van der Waals surface area contributed by atoms with Gasteiger partial charge in [-0.05, 0) is 12.8 Å². The molecule has 0 aromatic carbocycles. The lowest BCUT2D eigenvalue weighted by atomic mass is 9.99. The molecular formula is C9H16O2S. The summed E-state index contributed by atoms with van der Waals surface area (Å²) in [6, 6.07) is 0. The van der Waals surface area contributed by atoms with Crippen molar-refractivity contribution >= 4 is 16.6 Å². The zero-order chi connectivity index (χ0) is 9.14. The summed E-state index contributed by atoms with van der Waals surface area (Å²) in [5, 5.41) is 0.340. The van der Waals surface area contributed by atoms with Crippen molar-refractivity contribution < 1.29 is 9.00 Å². The van der Waals surface area contributed by atoms with Crippen molar-refractivity contribution in [3.63, 3.8) is 0 Å². The summed E-state index contributed by atoms with van der Waals surface area (Å²) in [4.78, 5) is 11.1. The first-order valence-electron chi connectivity index (χ1n) is 4.52. The SMILES string of the molecule is CC(C)S(=O)C1CCCC(=O)C1. The molecule has 0 N–H and O–H groups in total. The van der Waals surface area contributed by atoms with Gasteiger partial charge in [0.15, 0.2) is 0 Å². The number of ketones is 1. The van der Waals surface area contributed by atoms with Crippen molar-refractivity contribution in [1.82, 2.24) is 0 Å². The Morgan fingerprint density at radius 1 is 1.50 bits per heavy atom. The van der Waals surface area contributed by atoms with Gasteiger partial charge in [0.1, 0.15) is 5.78 Å². The van der Waals surface area contributed by atoms with Gasteiger partial charge in [0.25, 0.3) is 0 Å². The third-order valence-corrected chi connectivity index (χ3v) is 4.22. The van der Waals surface area contributed by atoms with Crippen molar-refractivity contribution in [1.29, 1.82) is 0 Å². The maximum atomic E-state index is 11.6. The summed E-state index contributed by atoms with van der Waals surface area (Å²) in [5.41, 5.74) is 0. The van der Waals surface area contributed by atoms with E-state index in [2.05, 4.69) is 0 Å². The van der Waals surface area contributed by atoms with E-state index in [1.807, 2.05) is 13.8 Å². The van der Waals surface area contributed by atoms with Crippen molar-refractivity contribution in [2.45, 2.75) is 50.0 Å². The van der Waals surface area contributed by atoms with Gasteiger partial charge in [-0.2, -0.15) is 0 Å². The lowest BCUT2D eigenvalue weighted by Gasteiger charge is -2.21. The Hall–Kier alpha value is -0.180. The molecule has 1 aliphatic carbocycles. The van der Waals surface area contributed by atoms with E-state index in [0.29, 0.717) is 18.6 Å². The van der Waals surface area contributed by atoms with Gasteiger partial charge < -0.3 is 0 Å². The third kappa shape index (κ3) is 2.41. The van der Waals surface area contributed by atoms with Crippen LogP contribution in [0.2, 0.25) is 0 Å². The summed E-state index contributed by atoms with van der Waals surface area (Å²) in [7, 11) is -0.800. The molecule has 3 heteroatoms. The molecule has 0 bridgehead atoms. The summed E-state index contributed by atoms with van der Waals surface area (Å²) in [5.74, 6) is 0.292. The minimum Gasteiger partial charge on any atom is -0.300 e. The molecule has 0 aliphatic heterocycles. The fourth-order valence-corrected chi connectivity index (χ4v) is 3.09. The van der Waals surface area contributed by atoms with Crippen molar-refractivity contribution in [3.05, 3.63) is 0 Å². The van der Waals surface area contributed by atoms with Crippen LogP contribution in [0.3, 0.4) is 0 Å². The summed E-state index contributed by atoms with van der Waals surface area (Å²) < 4.78 is 11.6. The Morgan fingerprint density at radius 3 is 2.67 bits per heavy atom. The fraction of sp³-hybridized carbons (Fsp3) is 0.889. The molecule has 0 aromatic heterocycles. The molecule has 1 fully saturated rings. The number of Topliss-reactive ketones (excluding diaryl/α,β-unsaturated/α-hetero) is 1.